The maximum Gasteiger partial charge on any atom is 0.409 e. The number of piperazine rings is 1. The zero-order valence-electron chi connectivity index (χ0n) is 12.8. The van der Waals surface area contributed by atoms with E-state index in [2.05, 4.69) is 5.32 Å². The summed E-state index contributed by atoms with van der Waals surface area (Å²) in [4.78, 5) is 27.0. The number of hydrogen-bond donors (Lipinski definition) is 1. The standard InChI is InChI=1S/C15H18FN3O3S/c1-2-22-15(21)19-8-6-18(7-9-19)14(23)17-13(20)11-4-3-5-12(16)10-11/h3-5,10H,2,6-9H2,1H3,(H,17,20,23). The maximum atomic E-state index is 13.1. The Morgan fingerprint density at radius 1 is 1.26 bits per heavy atom. The Morgan fingerprint density at radius 2 is 1.91 bits per heavy atom. The predicted octanol–water partition coefficient (Wildman–Crippen LogP) is 1.61. The Morgan fingerprint density at radius 3 is 2.52 bits per heavy atom. The van der Waals surface area contributed by atoms with E-state index < -0.39 is 11.7 Å². The van der Waals surface area contributed by atoms with Gasteiger partial charge in [-0.25, -0.2) is 9.18 Å². The van der Waals surface area contributed by atoms with Crippen LogP contribution in [0.25, 0.3) is 0 Å². The van der Waals surface area contributed by atoms with Crippen molar-refractivity contribution in [3.8, 4) is 0 Å². The number of thiocarbonyl (C=S) groups is 1. The topological polar surface area (TPSA) is 61.9 Å². The average Bonchev–Trinajstić information content (AvgIpc) is 2.55. The molecule has 1 aliphatic rings. The first-order chi connectivity index (χ1) is 11.0. The molecule has 2 rings (SSSR count). The van der Waals surface area contributed by atoms with Gasteiger partial charge < -0.3 is 14.5 Å². The molecule has 1 aliphatic heterocycles. The third kappa shape index (κ3) is 4.62. The SMILES string of the molecule is CCOC(=O)N1CCN(C(=S)NC(=O)c2cccc(F)c2)CC1. The molecule has 23 heavy (non-hydrogen) atoms. The summed E-state index contributed by atoms with van der Waals surface area (Å²) in [5, 5.41) is 2.85. The van der Waals surface area contributed by atoms with Gasteiger partial charge in [-0.05, 0) is 37.3 Å². The van der Waals surface area contributed by atoms with Crippen LogP contribution in [0.5, 0.6) is 0 Å². The number of carbonyl (C=O) groups is 2. The van der Waals surface area contributed by atoms with Crippen LogP contribution in [0.2, 0.25) is 0 Å². The van der Waals surface area contributed by atoms with E-state index in [1.165, 1.54) is 18.2 Å². The lowest BCUT2D eigenvalue weighted by atomic mass is 10.2. The molecule has 1 heterocycles. The Hall–Kier alpha value is -2.22. The second-order valence-electron chi connectivity index (χ2n) is 4.94. The summed E-state index contributed by atoms with van der Waals surface area (Å²) in [6.07, 6.45) is -0.345. The summed E-state index contributed by atoms with van der Waals surface area (Å²) in [5.74, 6) is -0.936. The molecular formula is C15H18FN3O3S. The highest BCUT2D eigenvalue weighted by Gasteiger charge is 2.24. The van der Waals surface area contributed by atoms with Crippen molar-refractivity contribution in [1.82, 2.24) is 15.1 Å². The van der Waals surface area contributed by atoms with Crippen molar-refractivity contribution >= 4 is 29.3 Å². The van der Waals surface area contributed by atoms with Crippen molar-refractivity contribution in [2.45, 2.75) is 6.92 Å². The molecule has 0 spiro atoms. The molecule has 0 aliphatic carbocycles. The van der Waals surface area contributed by atoms with E-state index in [0.717, 1.165) is 6.07 Å². The number of hydrogen-bond acceptors (Lipinski definition) is 4. The second kappa shape index (κ2) is 7.87. The molecule has 0 unspecified atom stereocenters. The molecule has 0 aromatic heterocycles. The predicted molar refractivity (Wildman–Crippen MR) is 86.6 cm³/mol. The minimum absolute atomic E-state index is 0.206. The van der Waals surface area contributed by atoms with Gasteiger partial charge in [-0.15, -0.1) is 0 Å². The van der Waals surface area contributed by atoms with Crippen LogP contribution >= 0.6 is 12.2 Å². The molecule has 124 valence electrons. The monoisotopic (exact) mass is 339 g/mol. The number of rotatable bonds is 2. The molecular weight excluding hydrogens is 321 g/mol. The highest BCUT2D eigenvalue weighted by Crippen LogP contribution is 2.06. The van der Waals surface area contributed by atoms with Gasteiger partial charge in [0.1, 0.15) is 5.82 Å². The number of nitrogens with one attached hydrogen (secondary N) is 1. The van der Waals surface area contributed by atoms with Crippen LogP contribution in [0, 0.1) is 5.82 Å². The summed E-state index contributed by atoms with van der Waals surface area (Å²) in [6.45, 7) is 4.03. The molecule has 1 aromatic rings. The van der Waals surface area contributed by atoms with E-state index in [1.807, 2.05) is 0 Å². The third-order valence-electron chi connectivity index (χ3n) is 3.40. The Bertz CT molecular complexity index is 603. The van der Waals surface area contributed by atoms with Crippen molar-refractivity contribution in [3.63, 3.8) is 0 Å². The number of halogens is 1. The first-order valence-corrected chi connectivity index (χ1v) is 7.69. The van der Waals surface area contributed by atoms with Crippen LogP contribution in [0.1, 0.15) is 17.3 Å². The van der Waals surface area contributed by atoms with Gasteiger partial charge in [0.05, 0.1) is 6.61 Å². The molecule has 0 radical (unpaired) electrons. The van der Waals surface area contributed by atoms with Gasteiger partial charge in [-0.1, -0.05) is 6.07 Å². The number of carbonyl (C=O) groups excluding carboxylic acids is 2. The zero-order chi connectivity index (χ0) is 16.8. The zero-order valence-corrected chi connectivity index (χ0v) is 13.6. The number of nitrogens with zero attached hydrogens (tertiary/aromatic N) is 2. The Balaban J connectivity index is 1.85. The lowest BCUT2D eigenvalue weighted by Crippen LogP contribution is -2.54. The fourth-order valence-corrected chi connectivity index (χ4v) is 2.46. The van der Waals surface area contributed by atoms with Gasteiger partial charge in [0.15, 0.2) is 5.11 Å². The van der Waals surface area contributed by atoms with Crippen LogP contribution in [0.3, 0.4) is 0 Å². The third-order valence-corrected chi connectivity index (χ3v) is 3.76. The molecule has 6 nitrogen and oxygen atoms in total. The van der Waals surface area contributed by atoms with Gasteiger partial charge in [0, 0.05) is 31.7 Å². The molecule has 0 atom stereocenters. The summed E-state index contributed by atoms with van der Waals surface area (Å²) < 4.78 is 18.1. The Kier molecular flexibility index (Phi) is 5.86. The van der Waals surface area contributed by atoms with E-state index in [1.54, 1.807) is 16.7 Å². The summed E-state index contributed by atoms with van der Waals surface area (Å²) in [7, 11) is 0. The average molecular weight is 339 g/mol. The number of amides is 2. The smallest absolute Gasteiger partial charge is 0.409 e. The number of benzene rings is 1. The van der Waals surface area contributed by atoms with Crippen LogP contribution in [-0.2, 0) is 4.74 Å². The second-order valence-corrected chi connectivity index (χ2v) is 5.33. The highest BCUT2D eigenvalue weighted by molar-refractivity contribution is 7.80. The fraction of sp³-hybridized carbons (Fsp3) is 0.400. The van der Waals surface area contributed by atoms with Gasteiger partial charge in [-0.2, -0.15) is 0 Å². The van der Waals surface area contributed by atoms with Crippen molar-refractivity contribution in [3.05, 3.63) is 35.6 Å². The molecule has 1 N–H and O–H groups in total. The minimum Gasteiger partial charge on any atom is -0.450 e. The molecule has 8 heteroatoms. The van der Waals surface area contributed by atoms with E-state index in [0.29, 0.717) is 32.8 Å². The molecule has 1 fully saturated rings. The lowest BCUT2D eigenvalue weighted by Gasteiger charge is -2.35. The van der Waals surface area contributed by atoms with E-state index >= 15 is 0 Å². The van der Waals surface area contributed by atoms with E-state index in [9.17, 15) is 14.0 Å². The van der Waals surface area contributed by atoms with Crippen LogP contribution < -0.4 is 5.32 Å². The minimum atomic E-state index is -0.480. The van der Waals surface area contributed by atoms with Crippen molar-refractivity contribution in [1.29, 1.82) is 0 Å². The normalized spacial score (nSPS) is 14.3. The summed E-state index contributed by atoms with van der Waals surface area (Å²) in [5.41, 5.74) is 0.206. The Labute approximate surface area is 139 Å². The van der Waals surface area contributed by atoms with E-state index in [4.69, 9.17) is 17.0 Å². The van der Waals surface area contributed by atoms with Gasteiger partial charge in [-0.3, -0.25) is 10.1 Å². The van der Waals surface area contributed by atoms with Crippen LogP contribution in [0.4, 0.5) is 9.18 Å². The summed E-state index contributed by atoms with van der Waals surface area (Å²) >= 11 is 5.20. The molecule has 0 bridgehead atoms. The molecule has 2 amide bonds. The highest BCUT2D eigenvalue weighted by atomic mass is 32.1. The van der Waals surface area contributed by atoms with Crippen molar-refractivity contribution in [2.24, 2.45) is 0 Å². The maximum absolute atomic E-state index is 13.1. The summed E-state index contributed by atoms with van der Waals surface area (Å²) in [6, 6.07) is 5.39. The lowest BCUT2D eigenvalue weighted by molar-refractivity contribution is 0.0897. The van der Waals surface area contributed by atoms with Gasteiger partial charge in [0.25, 0.3) is 5.91 Å². The molecule has 1 aromatic carbocycles. The van der Waals surface area contributed by atoms with Crippen molar-refractivity contribution < 1.29 is 18.7 Å². The van der Waals surface area contributed by atoms with Crippen LogP contribution in [-0.4, -0.2) is 59.7 Å². The quantitative estimate of drug-likeness (QED) is 0.830. The first-order valence-electron chi connectivity index (χ1n) is 7.28. The van der Waals surface area contributed by atoms with Crippen LogP contribution in [0.15, 0.2) is 24.3 Å². The molecule has 0 saturated carbocycles. The van der Waals surface area contributed by atoms with Gasteiger partial charge in [0.2, 0.25) is 0 Å². The van der Waals surface area contributed by atoms with Gasteiger partial charge >= 0.3 is 6.09 Å². The van der Waals surface area contributed by atoms with E-state index in [-0.39, 0.29) is 16.8 Å². The van der Waals surface area contributed by atoms with Crippen molar-refractivity contribution in [2.75, 3.05) is 32.8 Å². The molecule has 1 saturated heterocycles. The first kappa shape index (κ1) is 17.1. The fourth-order valence-electron chi connectivity index (χ4n) is 2.18. The largest absolute Gasteiger partial charge is 0.450 e. The number of ether oxygens (including phenoxy) is 1.